The zero-order valence-electron chi connectivity index (χ0n) is 8.50. The Balaban J connectivity index is 2.96. The molecule has 1 unspecified atom stereocenters. The standard InChI is InChI=1S/C11H14F2O2/c1-7-4-5-8(12)10(11(7)13)9(15)3-2-6-14/h4-5,9,14-15H,2-3,6H2,1H3. The van der Waals surface area contributed by atoms with Crippen LogP contribution >= 0.6 is 0 Å². The van der Waals surface area contributed by atoms with Crippen molar-refractivity contribution >= 4 is 0 Å². The summed E-state index contributed by atoms with van der Waals surface area (Å²) in [6.07, 6.45) is -0.737. The van der Waals surface area contributed by atoms with Crippen LogP contribution in [0.25, 0.3) is 0 Å². The molecule has 1 aromatic rings. The molecular weight excluding hydrogens is 202 g/mol. The van der Waals surface area contributed by atoms with Gasteiger partial charge in [-0.1, -0.05) is 6.07 Å². The third-order valence-electron chi connectivity index (χ3n) is 2.29. The molecule has 0 aliphatic carbocycles. The predicted octanol–water partition coefficient (Wildman–Crippen LogP) is 2.08. The largest absolute Gasteiger partial charge is 0.396 e. The van der Waals surface area contributed by atoms with Gasteiger partial charge in [0.05, 0.1) is 11.7 Å². The molecule has 0 spiro atoms. The topological polar surface area (TPSA) is 40.5 Å². The Bertz CT molecular complexity index is 340. The first-order chi connectivity index (χ1) is 7.07. The lowest BCUT2D eigenvalue weighted by molar-refractivity contribution is 0.143. The molecule has 0 radical (unpaired) electrons. The normalized spacial score (nSPS) is 12.9. The molecule has 2 nitrogen and oxygen atoms in total. The first-order valence-corrected chi connectivity index (χ1v) is 4.81. The van der Waals surface area contributed by atoms with E-state index in [2.05, 4.69) is 0 Å². The summed E-state index contributed by atoms with van der Waals surface area (Å²) in [5, 5.41) is 18.1. The molecule has 2 N–H and O–H groups in total. The third kappa shape index (κ3) is 2.73. The molecule has 0 aliphatic heterocycles. The average Bonchev–Trinajstić information content (AvgIpc) is 2.21. The van der Waals surface area contributed by atoms with Gasteiger partial charge in [-0.15, -0.1) is 0 Å². The molecule has 0 heterocycles. The van der Waals surface area contributed by atoms with Crippen LogP contribution < -0.4 is 0 Å². The Labute approximate surface area is 87.2 Å². The molecule has 0 aromatic heterocycles. The Morgan fingerprint density at radius 3 is 2.60 bits per heavy atom. The maximum absolute atomic E-state index is 13.5. The van der Waals surface area contributed by atoms with Crippen LogP contribution in [0.15, 0.2) is 12.1 Å². The molecule has 0 saturated heterocycles. The quantitative estimate of drug-likeness (QED) is 0.809. The first kappa shape index (κ1) is 12.1. The minimum atomic E-state index is -1.20. The van der Waals surface area contributed by atoms with Crippen molar-refractivity contribution in [3.63, 3.8) is 0 Å². The van der Waals surface area contributed by atoms with Crippen molar-refractivity contribution in [2.24, 2.45) is 0 Å². The van der Waals surface area contributed by atoms with Gasteiger partial charge in [-0.05, 0) is 31.4 Å². The summed E-state index contributed by atoms with van der Waals surface area (Å²) < 4.78 is 26.7. The number of aliphatic hydroxyl groups excluding tert-OH is 2. The van der Waals surface area contributed by atoms with Gasteiger partial charge in [-0.2, -0.15) is 0 Å². The fourth-order valence-electron chi connectivity index (χ4n) is 1.41. The number of rotatable bonds is 4. The lowest BCUT2D eigenvalue weighted by atomic mass is 10.0. The van der Waals surface area contributed by atoms with Gasteiger partial charge in [0.2, 0.25) is 0 Å². The summed E-state index contributed by atoms with van der Waals surface area (Å²) in [6.45, 7) is 1.41. The van der Waals surface area contributed by atoms with Crippen molar-refractivity contribution in [1.29, 1.82) is 0 Å². The number of hydrogen-bond donors (Lipinski definition) is 2. The van der Waals surface area contributed by atoms with E-state index in [0.717, 1.165) is 6.07 Å². The van der Waals surface area contributed by atoms with Crippen LogP contribution in [0.5, 0.6) is 0 Å². The van der Waals surface area contributed by atoms with Gasteiger partial charge in [0.1, 0.15) is 11.6 Å². The van der Waals surface area contributed by atoms with E-state index in [-0.39, 0.29) is 18.6 Å². The van der Waals surface area contributed by atoms with Gasteiger partial charge in [-0.25, -0.2) is 8.78 Å². The number of hydrogen-bond acceptors (Lipinski definition) is 2. The molecule has 0 saturated carbocycles. The summed E-state index contributed by atoms with van der Waals surface area (Å²) >= 11 is 0. The SMILES string of the molecule is Cc1ccc(F)c(C(O)CCCO)c1F. The van der Waals surface area contributed by atoms with Crippen molar-refractivity contribution in [2.75, 3.05) is 6.61 Å². The molecule has 1 atom stereocenters. The van der Waals surface area contributed by atoms with E-state index in [1.165, 1.54) is 13.0 Å². The van der Waals surface area contributed by atoms with E-state index < -0.39 is 17.7 Å². The van der Waals surface area contributed by atoms with Crippen molar-refractivity contribution in [3.05, 3.63) is 34.9 Å². The highest BCUT2D eigenvalue weighted by atomic mass is 19.1. The van der Waals surface area contributed by atoms with Crippen LogP contribution in [-0.2, 0) is 0 Å². The predicted molar refractivity (Wildman–Crippen MR) is 52.4 cm³/mol. The highest BCUT2D eigenvalue weighted by molar-refractivity contribution is 5.28. The summed E-state index contributed by atoms with van der Waals surface area (Å²) in [5.41, 5.74) is -0.00195. The van der Waals surface area contributed by atoms with Crippen LogP contribution in [0.1, 0.15) is 30.1 Å². The van der Waals surface area contributed by atoms with Crippen LogP contribution in [0, 0.1) is 18.6 Å². The van der Waals surface area contributed by atoms with E-state index in [9.17, 15) is 13.9 Å². The average molecular weight is 216 g/mol. The minimum absolute atomic E-state index is 0.105. The van der Waals surface area contributed by atoms with E-state index in [4.69, 9.17) is 5.11 Å². The van der Waals surface area contributed by atoms with Crippen LogP contribution in [0.4, 0.5) is 8.78 Å². The Morgan fingerprint density at radius 2 is 2.00 bits per heavy atom. The highest BCUT2D eigenvalue weighted by Crippen LogP contribution is 2.26. The van der Waals surface area contributed by atoms with E-state index in [1.54, 1.807) is 0 Å². The maximum atomic E-state index is 13.5. The molecule has 0 amide bonds. The molecule has 4 heteroatoms. The van der Waals surface area contributed by atoms with E-state index >= 15 is 0 Å². The third-order valence-corrected chi connectivity index (χ3v) is 2.29. The molecule has 0 aliphatic rings. The second-order valence-corrected chi connectivity index (χ2v) is 3.47. The zero-order valence-corrected chi connectivity index (χ0v) is 8.50. The van der Waals surface area contributed by atoms with Gasteiger partial charge in [0.15, 0.2) is 0 Å². The Hall–Kier alpha value is -1.00. The maximum Gasteiger partial charge on any atom is 0.134 e. The first-order valence-electron chi connectivity index (χ1n) is 4.81. The zero-order chi connectivity index (χ0) is 11.4. The summed E-state index contributed by atoms with van der Waals surface area (Å²) in [7, 11) is 0. The van der Waals surface area contributed by atoms with Crippen LogP contribution in [0.3, 0.4) is 0 Å². The second kappa shape index (κ2) is 5.19. The molecule has 84 valence electrons. The lowest BCUT2D eigenvalue weighted by Gasteiger charge is -2.13. The number of benzene rings is 1. The van der Waals surface area contributed by atoms with E-state index in [1.807, 2.05) is 0 Å². The molecule has 1 aromatic carbocycles. The van der Waals surface area contributed by atoms with Gasteiger partial charge >= 0.3 is 0 Å². The van der Waals surface area contributed by atoms with Crippen LogP contribution in [-0.4, -0.2) is 16.8 Å². The van der Waals surface area contributed by atoms with Gasteiger partial charge in [-0.3, -0.25) is 0 Å². The fourth-order valence-corrected chi connectivity index (χ4v) is 1.41. The monoisotopic (exact) mass is 216 g/mol. The molecule has 1 rings (SSSR count). The summed E-state index contributed by atoms with van der Waals surface area (Å²) in [5.74, 6) is -1.45. The molecule has 0 bridgehead atoms. The van der Waals surface area contributed by atoms with Crippen LogP contribution in [0.2, 0.25) is 0 Å². The molecular formula is C11H14F2O2. The summed E-state index contributed by atoms with van der Waals surface area (Å²) in [6, 6.07) is 2.46. The molecule has 15 heavy (non-hydrogen) atoms. The lowest BCUT2D eigenvalue weighted by Crippen LogP contribution is -2.06. The van der Waals surface area contributed by atoms with Gasteiger partial charge < -0.3 is 10.2 Å². The summed E-state index contributed by atoms with van der Waals surface area (Å²) in [4.78, 5) is 0. The Morgan fingerprint density at radius 1 is 1.33 bits per heavy atom. The van der Waals surface area contributed by atoms with Crippen molar-refractivity contribution in [3.8, 4) is 0 Å². The van der Waals surface area contributed by atoms with Crippen molar-refractivity contribution < 1.29 is 19.0 Å². The minimum Gasteiger partial charge on any atom is -0.396 e. The number of aliphatic hydroxyl groups is 2. The van der Waals surface area contributed by atoms with E-state index in [0.29, 0.717) is 12.0 Å². The smallest absolute Gasteiger partial charge is 0.134 e. The molecule has 0 fully saturated rings. The second-order valence-electron chi connectivity index (χ2n) is 3.47. The highest BCUT2D eigenvalue weighted by Gasteiger charge is 2.18. The fraction of sp³-hybridized carbons (Fsp3) is 0.455. The van der Waals surface area contributed by atoms with Gasteiger partial charge in [0, 0.05) is 6.61 Å². The van der Waals surface area contributed by atoms with Crippen molar-refractivity contribution in [2.45, 2.75) is 25.9 Å². The Kier molecular flexibility index (Phi) is 4.17. The number of aryl methyl sites for hydroxylation is 1. The van der Waals surface area contributed by atoms with Gasteiger partial charge in [0.25, 0.3) is 0 Å². The number of halogens is 2. The van der Waals surface area contributed by atoms with Crippen molar-refractivity contribution in [1.82, 2.24) is 0 Å².